The summed E-state index contributed by atoms with van der Waals surface area (Å²) in [5, 5.41) is 16.2. The maximum atomic E-state index is 13.4. The molecule has 3 aromatic rings. The van der Waals surface area contributed by atoms with E-state index in [9.17, 15) is 18.0 Å². The van der Waals surface area contributed by atoms with Crippen molar-refractivity contribution in [2.45, 2.75) is 66.7 Å². The average Bonchev–Trinajstić information content (AvgIpc) is 3.27. The monoisotopic (exact) mass is 604 g/mol. The number of benzene rings is 2. The van der Waals surface area contributed by atoms with Crippen LogP contribution in [0.25, 0.3) is 10.9 Å². The number of methoxy groups -OCH3 is 1. The fourth-order valence-electron chi connectivity index (χ4n) is 3.90. The zero-order valence-electron chi connectivity index (χ0n) is 26.8. The van der Waals surface area contributed by atoms with Crippen LogP contribution in [0.1, 0.15) is 64.0 Å². The Morgan fingerprint density at radius 2 is 1.72 bits per heavy atom. The fraction of sp³-hybridized carbons (Fsp3) is 0.485. The van der Waals surface area contributed by atoms with Gasteiger partial charge in [-0.3, -0.25) is 0 Å². The summed E-state index contributed by atoms with van der Waals surface area (Å²) in [5.74, 6) is 5.82. The van der Waals surface area contributed by atoms with Gasteiger partial charge >= 0.3 is 12.1 Å². The topological polar surface area (TPSA) is 78.8 Å². The normalized spacial score (nSPS) is 11.5. The minimum absolute atomic E-state index is 0.0746. The molecule has 0 aliphatic heterocycles. The molecule has 238 valence electrons. The highest BCUT2D eigenvalue weighted by atomic mass is 19.4. The molecule has 1 atom stereocenters. The lowest BCUT2D eigenvalue weighted by molar-refractivity contribution is -0.140. The number of carboxylic acids is 1. The maximum absolute atomic E-state index is 13.4. The van der Waals surface area contributed by atoms with E-state index in [2.05, 4.69) is 48.1 Å². The highest BCUT2D eigenvalue weighted by Gasteiger charge is 2.30. The Balaban J connectivity index is 0.00000142. The number of carboxylic acid groups (broad SMARTS) is 1. The fourth-order valence-corrected chi connectivity index (χ4v) is 3.90. The Bertz CT molecular complexity index is 1350. The van der Waals surface area contributed by atoms with E-state index in [1.807, 2.05) is 40.9 Å². The zero-order valence-corrected chi connectivity index (χ0v) is 26.8. The molecule has 7 nitrogen and oxygen atoms in total. The van der Waals surface area contributed by atoms with Crippen molar-refractivity contribution in [2.24, 2.45) is 5.92 Å². The van der Waals surface area contributed by atoms with Crippen LogP contribution in [0.2, 0.25) is 0 Å². The number of fused-ring (bicyclic) bond motifs is 1. The Morgan fingerprint density at radius 1 is 1.07 bits per heavy atom. The first-order valence-electron chi connectivity index (χ1n) is 14.5. The molecule has 1 unspecified atom stereocenters. The Morgan fingerprint density at radius 3 is 2.28 bits per heavy atom. The molecule has 0 bridgehead atoms. The number of aromatic carboxylic acids is 1. The minimum atomic E-state index is -4.41. The van der Waals surface area contributed by atoms with E-state index < -0.39 is 18.7 Å². The number of hydrogen-bond acceptors (Lipinski definition) is 5. The summed E-state index contributed by atoms with van der Waals surface area (Å²) in [6.07, 6.45) is -3.54. The molecule has 3 N–H and O–H groups in total. The molecule has 1 aromatic heterocycles. The summed E-state index contributed by atoms with van der Waals surface area (Å²) < 4.78 is 46.7. The van der Waals surface area contributed by atoms with Crippen molar-refractivity contribution in [3.63, 3.8) is 0 Å². The van der Waals surface area contributed by atoms with Crippen LogP contribution in [0.5, 0.6) is 5.75 Å². The summed E-state index contributed by atoms with van der Waals surface area (Å²) in [5.41, 5.74) is 2.05. The van der Waals surface area contributed by atoms with Gasteiger partial charge in [-0.05, 0) is 82.2 Å². The number of nitrogens with one attached hydrogen (secondary N) is 2. The van der Waals surface area contributed by atoms with Gasteiger partial charge in [-0.1, -0.05) is 46.6 Å². The summed E-state index contributed by atoms with van der Waals surface area (Å²) in [4.78, 5) is 13.2. The van der Waals surface area contributed by atoms with Gasteiger partial charge in [-0.2, -0.15) is 13.2 Å². The maximum Gasteiger partial charge on any atom is 0.406 e. The van der Waals surface area contributed by atoms with Crippen LogP contribution in [0.4, 0.5) is 24.5 Å². The zero-order chi connectivity index (χ0) is 32.7. The molecule has 10 heteroatoms. The highest BCUT2D eigenvalue weighted by molar-refractivity contribution is 5.94. The van der Waals surface area contributed by atoms with Crippen LogP contribution >= 0.6 is 0 Å². The van der Waals surface area contributed by atoms with Crippen LogP contribution in [0, 0.1) is 17.8 Å². The third-order valence-electron chi connectivity index (χ3n) is 5.73. The number of aromatic nitrogens is 1. The van der Waals surface area contributed by atoms with Crippen molar-refractivity contribution < 1.29 is 27.8 Å². The van der Waals surface area contributed by atoms with Gasteiger partial charge in [-0.25, -0.2) is 4.79 Å². The van der Waals surface area contributed by atoms with Crippen LogP contribution < -0.4 is 15.4 Å². The summed E-state index contributed by atoms with van der Waals surface area (Å²) in [6.45, 7) is 12.4. The SMILES string of the molecule is CC.CC(C)C.COc1cc(C(=O)O)ccc1NCC#Cc1cc2c(NC(C)CCN(C)C)cccc2n1CC(F)(F)F. The lowest BCUT2D eigenvalue weighted by Crippen LogP contribution is -2.23. The van der Waals surface area contributed by atoms with Gasteiger partial charge in [0, 0.05) is 17.1 Å². The molecule has 0 radical (unpaired) electrons. The van der Waals surface area contributed by atoms with Gasteiger partial charge in [0.15, 0.2) is 0 Å². The number of anilines is 2. The number of ether oxygens (including phenoxy) is 1. The minimum Gasteiger partial charge on any atom is -0.495 e. The molecular formula is C33H47F3N4O3. The van der Waals surface area contributed by atoms with Crippen LogP contribution in [-0.2, 0) is 6.54 Å². The number of nitrogens with zero attached hydrogens (tertiary/aromatic N) is 2. The van der Waals surface area contributed by atoms with E-state index >= 15 is 0 Å². The van der Waals surface area contributed by atoms with Gasteiger partial charge in [-0.15, -0.1) is 0 Å². The van der Waals surface area contributed by atoms with Gasteiger partial charge in [0.25, 0.3) is 0 Å². The molecule has 2 aromatic carbocycles. The molecule has 0 aliphatic carbocycles. The molecule has 0 aliphatic rings. The molecule has 0 amide bonds. The first kappa shape index (κ1) is 37.2. The standard InChI is InChI=1S/C27H31F3N4O3.C4H10.C2H6/c1-18(12-14-33(2)3)32-22-8-5-9-24-21(22)16-20(34(24)17-27(28,29)30)7-6-13-31-23-11-10-19(26(35)36)15-25(23)37-4;1-4(2)3;1-2/h5,8-11,15-16,18,31-32H,12-14,17H2,1-4H3,(H,35,36);4H,1-3H3;1-2H3. The van der Waals surface area contributed by atoms with E-state index in [1.165, 1.54) is 23.8 Å². The Labute approximate surface area is 254 Å². The molecule has 0 saturated carbocycles. The number of halogens is 3. The van der Waals surface area contributed by atoms with E-state index in [4.69, 9.17) is 9.84 Å². The summed E-state index contributed by atoms with van der Waals surface area (Å²) >= 11 is 0. The molecule has 0 fully saturated rings. The number of alkyl halides is 3. The predicted molar refractivity (Wildman–Crippen MR) is 171 cm³/mol. The predicted octanol–water partition coefficient (Wildman–Crippen LogP) is 7.81. The van der Waals surface area contributed by atoms with Crippen molar-refractivity contribution >= 4 is 28.2 Å². The van der Waals surface area contributed by atoms with Crippen molar-refractivity contribution in [1.29, 1.82) is 0 Å². The summed E-state index contributed by atoms with van der Waals surface area (Å²) in [6, 6.07) is 11.4. The quantitative estimate of drug-likeness (QED) is 0.205. The summed E-state index contributed by atoms with van der Waals surface area (Å²) in [7, 11) is 5.40. The second-order valence-electron chi connectivity index (χ2n) is 10.7. The second-order valence-corrected chi connectivity index (χ2v) is 10.7. The van der Waals surface area contributed by atoms with Crippen LogP contribution in [0.3, 0.4) is 0 Å². The van der Waals surface area contributed by atoms with Crippen molar-refractivity contribution in [3.05, 3.63) is 53.7 Å². The van der Waals surface area contributed by atoms with Gasteiger partial charge in [0.05, 0.1) is 36.1 Å². The first-order valence-corrected chi connectivity index (χ1v) is 14.5. The van der Waals surface area contributed by atoms with E-state index in [0.717, 1.165) is 24.6 Å². The third kappa shape index (κ3) is 12.9. The lowest BCUT2D eigenvalue weighted by Gasteiger charge is -2.18. The molecule has 3 rings (SSSR count). The first-order chi connectivity index (χ1) is 20.2. The molecule has 0 spiro atoms. The Kier molecular flexibility index (Phi) is 15.5. The smallest absolute Gasteiger partial charge is 0.406 e. The van der Waals surface area contributed by atoms with Gasteiger partial charge in [0.1, 0.15) is 12.3 Å². The largest absolute Gasteiger partial charge is 0.495 e. The number of rotatable bonds is 10. The van der Waals surface area contributed by atoms with Crippen molar-refractivity contribution in [1.82, 2.24) is 9.47 Å². The molecule has 43 heavy (non-hydrogen) atoms. The van der Waals surface area contributed by atoms with Crippen molar-refractivity contribution in [3.8, 4) is 17.6 Å². The molecule has 0 saturated heterocycles. The highest BCUT2D eigenvalue weighted by Crippen LogP contribution is 2.31. The second kappa shape index (κ2) is 18.0. The van der Waals surface area contributed by atoms with Crippen molar-refractivity contribution in [2.75, 3.05) is 44.9 Å². The Hall–Kier alpha value is -3.84. The van der Waals surface area contributed by atoms with E-state index in [1.54, 1.807) is 24.3 Å². The average molecular weight is 605 g/mol. The number of carbonyl (C=O) groups is 1. The van der Waals surface area contributed by atoms with Crippen LogP contribution in [-0.4, -0.2) is 67.1 Å². The molecular weight excluding hydrogens is 557 g/mol. The van der Waals surface area contributed by atoms with E-state index in [0.29, 0.717) is 22.3 Å². The third-order valence-corrected chi connectivity index (χ3v) is 5.73. The molecule has 1 heterocycles. The van der Waals surface area contributed by atoms with Gasteiger partial charge < -0.3 is 29.9 Å². The number of hydrogen-bond donors (Lipinski definition) is 3. The van der Waals surface area contributed by atoms with Crippen LogP contribution in [0.15, 0.2) is 42.5 Å². The van der Waals surface area contributed by atoms with E-state index in [-0.39, 0.29) is 23.8 Å². The van der Waals surface area contributed by atoms with Gasteiger partial charge in [0.2, 0.25) is 0 Å². The lowest BCUT2D eigenvalue weighted by atomic mass is 10.1.